The fourth-order valence-electron chi connectivity index (χ4n) is 4.37. The van der Waals surface area contributed by atoms with E-state index < -0.39 is 0 Å². The van der Waals surface area contributed by atoms with Gasteiger partial charge in [0, 0.05) is 29.9 Å². The number of hydrogen-bond acceptors (Lipinski definition) is 5. The number of anilines is 1. The lowest BCUT2D eigenvalue weighted by Crippen LogP contribution is -2.16. The minimum absolute atomic E-state index is 0.0950. The van der Waals surface area contributed by atoms with Crippen molar-refractivity contribution in [3.63, 3.8) is 0 Å². The van der Waals surface area contributed by atoms with Crippen molar-refractivity contribution >= 4 is 75.7 Å². The van der Waals surface area contributed by atoms with Gasteiger partial charge in [0.2, 0.25) is 0 Å². The fourth-order valence-corrected chi connectivity index (χ4v) is 7.66. The van der Waals surface area contributed by atoms with Crippen LogP contribution in [0, 0.1) is 6.92 Å². The number of aryl methyl sites for hydroxylation is 1. The molecule has 0 aliphatic carbocycles. The second-order valence-electron chi connectivity index (χ2n) is 9.00. The highest BCUT2D eigenvalue weighted by atomic mass is 32.1. The number of nitrogens with one attached hydrogen (secondary N) is 1. The van der Waals surface area contributed by atoms with Gasteiger partial charge in [0.15, 0.2) is 0 Å². The first kappa shape index (κ1) is 18.6. The number of rotatable bonds is 1. The van der Waals surface area contributed by atoms with E-state index in [9.17, 15) is 0 Å². The third-order valence-electron chi connectivity index (χ3n) is 5.79. The largest absolute Gasteiger partial charge is 0.365 e. The summed E-state index contributed by atoms with van der Waals surface area (Å²) in [7, 11) is 0. The molecule has 0 saturated heterocycles. The van der Waals surface area contributed by atoms with E-state index in [1.807, 2.05) is 34.0 Å². The number of nitrogens with zero attached hydrogens (tertiary/aromatic N) is 1. The van der Waals surface area contributed by atoms with E-state index in [0.29, 0.717) is 6.67 Å². The Balaban J connectivity index is 1.58. The monoisotopic (exact) mass is 446 g/mol. The van der Waals surface area contributed by atoms with Gasteiger partial charge in [-0.2, -0.15) is 0 Å². The summed E-state index contributed by atoms with van der Waals surface area (Å²) in [5.74, 6) is 0. The summed E-state index contributed by atoms with van der Waals surface area (Å²) in [4.78, 5) is 7.57. The number of hydrogen-bond donors (Lipinski definition) is 1. The predicted octanol–water partition coefficient (Wildman–Crippen LogP) is 8.16. The Labute approximate surface area is 187 Å². The van der Waals surface area contributed by atoms with Crippen LogP contribution < -0.4 is 5.32 Å². The summed E-state index contributed by atoms with van der Waals surface area (Å²) in [5.41, 5.74) is 5.11. The number of benzene rings is 2. The smallest absolute Gasteiger partial charge is 0.108 e. The molecule has 5 aromatic rings. The van der Waals surface area contributed by atoms with Crippen LogP contribution in [0.3, 0.4) is 0 Å². The summed E-state index contributed by atoms with van der Waals surface area (Å²) < 4.78 is 4.09. The Morgan fingerprint density at radius 3 is 2.67 bits per heavy atom. The molecule has 5 heteroatoms. The van der Waals surface area contributed by atoms with Crippen molar-refractivity contribution < 1.29 is 0 Å². The highest BCUT2D eigenvalue weighted by Gasteiger charge is 2.25. The molecular formula is C25H22N2S3. The van der Waals surface area contributed by atoms with Crippen molar-refractivity contribution in [1.82, 2.24) is 0 Å². The zero-order chi connectivity index (χ0) is 20.6. The second kappa shape index (κ2) is 6.39. The molecule has 0 spiro atoms. The molecule has 30 heavy (non-hydrogen) atoms. The first-order chi connectivity index (χ1) is 14.4. The van der Waals surface area contributed by atoms with Crippen LogP contribution in [0.2, 0.25) is 0 Å². The van der Waals surface area contributed by atoms with Gasteiger partial charge in [0.05, 0.1) is 16.3 Å². The quantitative estimate of drug-likeness (QED) is 0.276. The Hall–Kier alpha value is -2.21. The third kappa shape index (κ3) is 2.76. The number of thiophene rings is 3. The minimum atomic E-state index is 0.0950. The first-order valence-electron chi connectivity index (χ1n) is 10.2. The highest BCUT2D eigenvalue weighted by Crippen LogP contribution is 2.43. The molecule has 3 aromatic heterocycles. The molecule has 0 fully saturated rings. The van der Waals surface area contributed by atoms with Gasteiger partial charge in [-0.1, -0.05) is 20.8 Å². The molecule has 4 heterocycles. The van der Waals surface area contributed by atoms with Gasteiger partial charge in [0.25, 0.3) is 0 Å². The van der Waals surface area contributed by atoms with Crippen molar-refractivity contribution in [3.05, 3.63) is 62.7 Å². The van der Waals surface area contributed by atoms with E-state index in [1.165, 1.54) is 56.8 Å². The summed E-state index contributed by atoms with van der Waals surface area (Å²) in [6, 6.07) is 13.9. The van der Waals surface area contributed by atoms with Crippen molar-refractivity contribution in [3.8, 4) is 0 Å². The van der Waals surface area contributed by atoms with Gasteiger partial charge in [-0.3, -0.25) is 4.99 Å². The molecule has 0 radical (unpaired) electrons. The van der Waals surface area contributed by atoms with E-state index in [4.69, 9.17) is 4.99 Å². The van der Waals surface area contributed by atoms with Crippen LogP contribution in [0.15, 0.2) is 46.8 Å². The maximum Gasteiger partial charge on any atom is 0.108 e. The molecule has 6 rings (SSSR count). The normalized spacial score (nSPS) is 14.3. The Morgan fingerprint density at radius 2 is 1.83 bits per heavy atom. The number of aliphatic imine (C=N–C) groups is 1. The molecular weight excluding hydrogens is 424 g/mol. The van der Waals surface area contributed by atoms with Crippen LogP contribution in [-0.2, 0) is 5.41 Å². The molecule has 0 unspecified atom stereocenters. The zero-order valence-electron chi connectivity index (χ0n) is 17.4. The highest BCUT2D eigenvalue weighted by molar-refractivity contribution is 7.22. The van der Waals surface area contributed by atoms with Crippen molar-refractivity contribution in [2.45, 2.75) is 33.1 Å². The lowest BCUT2D eigenvalue weighted by Gasteiger charge is -2.22. The SMILES string of the molecule is Cc1cc2cc3sc4c(c3cc2s1)NCN=C4c1cc(C(C)(C)C)c2sccc2c1. The van der Waals surface area contributed by atoms with Crippen LogP contribution in [0.1, 0.15) is 41.7 Å². The summed E-state index contributed by atoms with van der Waals surface area (Å²) in [5, 5.41) is 9.75. The molecule has 0 bridgehead atoms. The maximum atomic E-state index is 4.94. The first-order valence-corrected chi connectivity index (χ1v) is 12.7. The van der Waals surface area contributed by atoms with E-state index in [2.05, 4.69) is 74.8 Å². The van der Waals surface area contributed by atoms with Gasteiger partial charge < -0.3 is 5.32 Å². The lowest BCUT2D eigenvalue weighted by molar-refractivity contribution is 0.596. The molecule has 0 amide bonds. The van der Waals surface area contributed by atoms with Gasteiger partial charge >= 0.3 is 0 Å². The summed E-state index contributed by atoms with van der Waals surface area (Å²) >= 11 is 5.58. The zero-order valence-corrected chi connectivity index (χ0v) is 19.9. The topological polar surface area (TPSA) is 24.4 Å². The van der Waals surface area contributed by atoms with Crippen LogP contribution in [0.25, 0.3) is 30.3 Å². The van der Waals surface area contributed by atoms with Gasteiger partial charge in [-0.25, -0.2) is 0 Å². The molecule has 1 N–H and O–H groups in total. The molecule has 1 aliphatic heterocycles. The average Bonchev–Trinajstić information content (AvgIpc) is 3.39. The van der Waals surface area contributed by atoms with Gasteiger partial charge in [-0.15, -0.1) is 34.0 Å². The Morgan fingerprint density at radius 1 is 0.967 bits per heavy atom. The Kier molecular flexibility index (Phi) is 3.95. The molecule has 0 atom stereocenters. The molecule has 1 aliphatic rings. The van der Waals surface area contributed by atoms with Crippen LogP contribution >= 0.6 is 34.0 Å². The minimum Gasteiger partial charge on any atom is -0.365 e. The lowest BCUT2D eigenvalue weighted by atomic mass is 9.84. The van der Waals surface area contributed by atoms with Crippen molar-refractivity contribution in [1.29, 1.82) is 0 Å². The standard InChI is InChI=1S/C25H22N2S3/c1-13-7-15-10-20-17(11-19(15)29-13)22-24(30-20)21(26-12-27-22)16-8-14-5-6-28-23(14)18(9-16)25(2,3)4/h5-11,27H,12H2,1-4H3. The number of fused-ring (bicyclic) bond motifs is 5. The fraction of sp³-hybridized carbons (Fsp3) is 0.240. The van der Waals surface area contributed by atoms with Crippen molar-refractivity contribution in [2.75, 3.05) is 12.0 Å². The van der Waals surface area contributed by atoms with E-state index in [1.54, 1.807) is 0 Å². The molecule has 0 saturated carbocycles. The van der Waals surface area contributed by atoms with Crippen LogP contribution in [-0.4, -0.2) is 12.4 Å². The van der Waals surface area contributed by atoms with Gasteiger partial charge in [-0.05, 0) is 70.5 Å². The van der Waals surface area contributed by atoms with Crippen LogP contribution in [0.5, 0.6) is 0 Å². The summed E-state index contributed by atoms with van der Waals surface area (Å²) in [6.07, 6.45) is 0. The Bertz CT molecular complexity index is 1490. The summed E-state index contributed by atoms with van der Waals surface area (Å²) in [6.45, 7) is 9.71. The van der Waals surface area contributed by atoms with Crippen LogP contribution in [0.4, 0.5) is 5.69 Å². The van der Waals surface area contributed by atoms with Gasteiger partial charge in [0.1, 0.15) is 6.67 Å². The predicted molar refractivity (Wildman–Crippen MR) is 137 cm³/mol. The molecule has 150 valence electrons. The van der Waals surface area contributed by atoms with E-state index in [0.717, 1.165) is 5.71 Å². The van der Waals surface area contributed by atoms with Crippen molar-refractivity contribution in [2.24, 2.45) is 4.99 Å². The van der Waals surface area contributed by atoms with E-state index >= 15 is 0 Å². The third-order valence-corrected chi connectivity index (χ3v) is 8.93. The molecule has 2 nitrogen and oxygen atoms in total. The maximum absolute atomic E-state index is 4.94. The van der Waals surface area contributed by atoms with E-state index in [-0.39, 0.29) is 5.41 Å². The second-order valence-corrected chi connectivity index (χ2v) is 12.3. The average molecular weight is 447 g/mol. The molecule has 2 aromatic carbocycles.